The second-order valence-corrected chi connectivity index (χ2v) is 7.37. The Morgan fingerprint density at radius 1 is 1.20 bits per heavy atom. The summed E-state index contributed by atoms with van der Waals surface area (Å²) in [6.45, 7) is 15.4. The predicted octanol–water partition coefficient (Wildman–Crippen LogP) is 5.26. The Bertz CT molecular complexity index is 545. The molecule has 0 bridgehead atoms. The average molecular weight is 350 g/mol. The summed E-state index contributed by atoms with van der Waals surface area (Å²) in [7, 11) is 0. The number of benzene rings is 1. The largest absolute Gasteiger partial charge is 0.493 e. The molecule has 1 rings (SSSR count). The van der Waals surface area contributed by atoms with Gasteiger partial charge in [-0.3, -0.25) is 4.79 Å². The minimum absolute atomic E-state index is 0.0857. The second kappa shape index (κ2) is 9.81. The van der Waals surface area contributed by atoms with Crippen LogP contribution in [0.2, 0.25) is 0 Å². The molecule has 1 N–H and O–H groups in total. The van der Waals surface area contributed by atoms with Crippen LogP contribution in [0, 0.1) is 19.8 Å². The lowest BCUT2D eigenvalue weighted by molar-refractivity contribution is -0.139. The highest BCUT2D eigenvalue weighted by Crippen LogP contribution is 2.29. The smallest absolute Gasteiger partial charge is 0.256 e. The van der Waals surface area contributed by atoms with Gasteiger partial charge in [0.25, 0.3) is 5.91 Å². The van der Waals surface area contributed by atoms with Crippen molar-refractivity contribution in [1.29, 1.82) is 0 Å². The zero-order valence-corrected chi connectivity index (χ0v) is 17.0. The van der Waals surface area contributed by atoms with Crippen LogP contribution in [-0.4, -0.2) is 24.7 Å². The molecular formula is C21H35NO3. The fraction of sp³-hybridized carbons (Fsp3) is 0.667. The van der Waals surface area contributed by atoms with E-state index in [0.717, 1.165) is 41.8 Å². The van der Waals surface area contributed by atoms with Crippen molar-refractivity contribution in [3.8, 4) is 5.75 Å². The van der Waals surface area contributed by atoms with Gasteiger partial charge in [-0.15, -0.1) is 0 Å². The molecule has 4 heteroatoms. The Hall–Kier alpha value is -1.55. The summed E-state index contributed by atoms with van der Waals surface area (Å²) in [6, 6.07) is 3.93. The van der Waals surface area contributed by atoms with E-state index in [4.69, 9.17) is 9.47 Å². The minimum atomic E-state index is -0.792. The molecule has 0 saturated carbocycles. The Labute approximate surface area is 153 Å². The Morgan fingerprint density at radius 3 is 2.28 bits per heavy atom. The zero-order chi connectivity index (χ0) is 19.0. The summed E-state index contributed by atoms with van der Waals surface area (Å²) in [4.78, 5) is 12.8. The lowest BCUT2D eigenvalue weighted by atomic mass is 9.97. The molecule has 0 heterocycles. The molecule has 0 aliphatic carbocycles. The van der Waals surface area contributed by atoms with Crippen LogP contribution in [0.3, 0.4) is 0 Å². The highest BCUT2D eigenvalue weighted by Gasteiger charge is 2.33. The van der Waals surface area contributed by atoms with Gasteiger partial charge in [0.15, 0.2) is 0 Å². The van der Waals surface area contributed by atoms with E-state index < -0.39 is 5.60 Å². The molecule has 4 nitrogen and oxygen atoms in total. The zero-order valence-electron chi connectivity index (χ0n) is 17.0. The molecule has 1 aromatic rings. The van der Waals surface area contributed by atoms with Crippen LogP contribution < -0.4 is 10.1 Å². The number of ether oxygens (including phenoxy) is 2. The molecule has 0 saturated heterocycles. The topological polar surface area (TPSA) is 47.6 Å². The first-order chi connectivity index (χ1) is 11.7. The van der Waals surface area contributed by atoms with Gasteiger partial charge in [0.2, 0.25) is 0 Å². The number of hydrogen-bond donors (Lipinski definition) is 1. The van der Waals surface area contributed by atoms with E-state index in [1.165, 1.54) is 0 Å². The van der Waals surface area contributed by atoms with E-state index in [1.807, 2.05) is 39.8 Å². The normalized spacial score (nSPS) is 13.6. The molecule has 0 aromatic heterocycles. The van der Waals surface area contributed by atoms with Gasteiger partial charge in [-0.2, -0.15) is 0 Å². The number of hydrogen-bond acceptors (Lipinski definition) is 3. The molecule has 0 unspecified atom stereocenters. The highest BCUT2D eigenvalue weighted by molar-refractivity contribution is 5.97. The monoisotopic (exact) mass is 349 g/mol. The fourth-order valence-electron chi connectivity index (χ4n) is 2.85. The Kier molecular flexibility index (Phi) is 8.43. The maximum absolute atomic E-state index is 12.8. The number of anilines is 1. The summed E-state index contributed by atoms with van der Waals surface area (Å²) in [5.74, 6) is 1.30. The molecule has 0 aliphatic heterocycles. The van der Waals surface area contributed by atoms with Gasteiger partial charge in [-0.05, 0) is 63.3 Å². The van der Waals surface area contributed by atoms with Crippen molar-refractivity contribution >= 4 is 11.6 Å². The quantitative estimate of drug-likeness (QED) is 0.626. The molecule has 25 heavy (non-hydrogen) atoms. The van der Waals surface area contributed by atoms with Crippen molar-refractivity contribution < 1.29 is 14.3 Å². The molecule has 1 atom stereocenters. The van der Waals surface area contributed by atoms with Gasteiger partial charge in [0.05, 0.1) is 6.61 Å². The summed E-state index contributed by atoms with van der Waals surface area (Å²) in [5.41, 5.74) is 2.06. The van der Waals surface area contributed by atoms with Crippen molar-refractivity contribution in [3.63, 3.8) is 0 Å². The Balaban J connectivity index is 2.92. The maximum Gasteiger partial charge on any atom is 0.256 e. The highest BCUT2D eigenvalue weighted by atomic mass is 16.5. The first-order valence-electron chi connectivity index (χ1n) is 9.43. The van der Waals surface area contributed by atoms with Gasteiger partial charge in [-0.1, -0.05) is 33.6 Å². The van der Waals surface area contributed by atoms with Crippen LogP contribution in [0.5, 0.6) is 5.75 Å². The summed E-state index contributed by atoms with van der Waals surface area (Å²) >= 11 is 0. The minimum Gasteiger partial charge on any atom is -0.493 e. The molecule has 0 radical (unpaired) electrons. The Morgan fingerprint density at radius 2 is 1.80 bits per heavy atom. The van der Waals surface area contributed by atoms with E-state index in [1.54, 1.807) is 0 Å². The summed E-state index contributed by atoms with van der Waals surface area (Å²) < 4.78 is 11.7. The lowest BCUT2D eigenvalue weighted by Crippen LogP contribution is -2.42. The van der Waals surface area contributed by atoms with Gasteiger partial charge in [0.1, 0.15) is 11.4 Å². The van der Waals surface area contributed by atoms with Crippen molar-refractivity contribution in [1.82, 2.24) is 0 Å². The molecule has 0 spiro atoms. The molecule has 0 fully saturated rings. The number of carbonyl (C=O) groups excluding carboxylic acids is 1. The third-order valence-electron chi connectivity index (χ3n) is 4.23. The van der Waals surface area contributed by atoms with Crippen molar-refractivity contribution in [2.24, 2.45) is 5.92 Å². The molecule has 1 aromatic carbocycles. The standard InChI is InChI=1S/C21H35NO3/c1-8-10-11-21(7,25-9-2)20(23)22-18-12-16(5)19(17(6)13-18)24-14-15(3)4/h12-13,15H,8-11,14H2,1-7H3,(H,22,23)/t21-/m1/s1. The van der Waals surface area contributed by atoms with E-state index in [9.17, 15) is 4.79 Å². The number of unbranched alkanes of at least 4 members (excludes halogenated alkanes) is 1. The van der Waals surface area contributed by atoms with Gasteiger partial charge in [-0.25, -0.2) is 0 Å². The summed E-state index contributed by atoms with van der Waals surface area (Å²) in [5, 5.41) is 3.03. The first kappa shape index (κ1) is 21.5. The van der Waals surface area contributed by atoms with Crippen LogP contribution in [-0.2, 0) is 9.53 Å². The lowest BCUT2D eigenvalue weighted by Gasteiger charge is -2.28. The second-order valence-electron chi connectivity index (χ2n) is 7.37. The third kappa shape index (κ3) is 6.35. The van der Waals surface area contributed by atoms with Gasteiger partial charge >= 0.3 is 0 Å². The van der Waals surface area contributed by atoms with Crippen molar-refractivity contribution in [2.45, 2.75) is 73.3 Å². The van der Waals surface area contributed by atoms with E-state index in [0.29, 0.717) is 19.1 Å². The van der Waals surface area contributed by atoms with Crippen LogP contribution in [0.15, 0.2) is 12.1 Å². The average Bonchev–Trinajstić information content (AvgIpc) is 2.52. The first-order valence-corrected chi connectivity index (χ1v) is 9.43. The number of nitrogens with one attached hydrogen (secondary N) is 1. The van der Waals surface area contributed by atoms with E-state index in [2.05, 4.69) is 26.1 Å². The maximum atomic E-state index is 12.8. The molecule has 142 valence electrons. The molecule has 0 aliphatic rings. The number of carbonyl (C=O) groups is 1. The van der Waals surface area contributed by atoms with Gasteiger partial charge < -0.3 is 14.8 Å². The fourth-order valence-corrected chi connectivity index (χ4v) is 2.85. The van der Waals surface area contributed by atoms with E-state index in [-0.39, 0.29) is 5.91 Å². The number of amides is 1. The van der Waals surface area contributed by atoms with Crippen LogP contribution >= 0.6 is 0 Å². The number of aryl methyl sites for hydroxylation is 2. The molecular weight excluding hydrogens is 314 g/mol. The molecule has 1 amide bonds. The number of rotatable bonds is 10. The summed E-state index contributed by atoms with van der Waals surface area (Å²) in [6.07, 6.45) is 2.72. The van der Waals surface area contributed by atoms with Crippen LogP contribution in [0.25, 0.3) is 0 Å². The van der Waals surface area contributed by atoms with Crippen LogP contribution in [0.4, 0.5) is 5.69 Å². The van der Waals surface area contributed by atoms with E-state index >= 15 is 0 Å². The van der Waals surface area contributed by atoms with Crippen molar-refractivity contribution in [2.75, 3.05) is 18.5 Å². The van der Waals surface area contributed by atoms with Crippen molar-refractivity contribution in [3.05, 3.63) is 23.3 Å². The third-order valence-corrected chi connectivity index (χ3v) is 4.23. The van der Waals surface area contributed by atoms with Crippen LogP contribution in [0.1, 0.15) is 65.0 Å². The predicted molar refractivity (Wildman–Crippen MR) is 104 cm³/mol. The SMILES string of the molecule is CCCC[C@@](C)(OCC)C(=O)Nc1cc(C)c(OCC(C)C)c(C)c1. The van der Waals surface area contributed by atoms with Gasteiger partial charge in [0, 0.05) is 12.3 Å².